The van der Waals surface area contributed by atoms with Crippen molar-refractivity contribution in [1.82, 2.24) is 9.97 Å². The van der Waals surface area contributed by atoms with Crippen LogP contribution in [0, 0.1) is 0 Å². The lowest BCUT2D eigenvalue weighted by Gasteiger charge is -2.17. The molecule has 0 unspecified atom stereocenters. The lowest BCUT2D eigenvalue weighted by atomic mass is 9.88. The van der Waals surface area contributed by atoms with E-state index in [2.05, 4.69) is 53.5 Å². The number of nitrogens with zero attached hydrogens (tertiary/aromatic N) is 1. The maximum atomic E-state index is 5.47. The number of rotatable bonds is 4. The lowest BCUT2D eigenvalue weighted by molar-refractivity contribution is 0.174. The number of ether oxygens (including phenoxy) is 2. The van der Waals surface area contributed by atoms with Gasteiger partial charge in [-0.3, -0.25) is 0 Å². The third kappa shape index (κ3) is 2.69. The number of benzene rings is 3. The van der Waals surface area contributed by atoms with Crippen LogP contribution in [-0.4, -0.2) is 16.8 Å². The molecule has 0 saturated carbocycles. The van der Waals surface area contributed by atoms with Crippen LogP contribution in [0.5, 0.6) is 11.5 Å². The number of nitrogens with one attached hydrogen (secondary N) is 1. The summed E-state index contributed by atoms with van der Waals surface area (Å²) in [5.74, 6) is 2.74. The van der Waals surface area contributed by atoms with Gasteiger partial charge < -0.3 is 14.5 Å². The quantitative estimate of drug-likeness (QED) is 0.586. The standard InChI is InChI=1S/C22H18N2O2/c1-3-7-15(8-4-1)17(16-9-5-2-6-10-16)11-22-23-18-12-20-21(26-14-25-20)13-19(18)24-22/h1-10,12-13,17H,11,14H2,(H,23,24). The van der Waals surface area contributed by atoms with Crippen molar-refractivity contribution >= 4 is 11.0 Å². The Morgan fingerprint density at radius 2 is 1.46 bits per heavy atom. The fourth-order valence-corrected chi connectivity index (χ4v) is 3.54. The molecule has 3 aromatic carbocycles. The molecule has 0 aliphatic carbocycles. The third-order valence-electron chi connectivity index (χ3n) is 4.83. The summed E-state index contributed by atoms with van der Waals surface area (Å²) >= 11 is 0. The number of H-pyrrole nitrogens is 1. The van der Waals surface area contributed by atoms with Crippen LogP contribution in [-0.2, 0) is 6.42 Å². The minimum atomic E-state index is 0.248. The number of aromatic nitrogens is 2. The second-order valence-corrected chi connectivity index (χ2v) is 6.48. The third-order valence-corrected chi connectivity index (χ3v) is 4.83. The Morgan fingerprint density at radius 1 is 0.846 bits per heavy atom. The van der Waals surface area contributed by atoms with Crippen LogP contribution in [0.2, 0.25) is 0 Å². The molecular weight excluding hydrogens is 324 g/mol. The topological polar surface area (TPSA) is 47.1 Å². The van der Waals surface area contributed by atoms with Gasteiger partial charge in [-0.1, -0.05) is 60.7 Å². The van der Waals surface area contributed by atoms with Gasteiger partial charge in [0.05, 0.1) is 11.0 Å². The Morgan fingerprint density at radius 3 is 2.12 bits per heavy atom. The molecule has 1 aliphatic rings. The van der Waals surface area contributed by atoms with Crippen LogP contribution < -0.4 is 9.47 Å². The summed E-state index contributed by atoms with van der Waals surface area (Å²) in [5.41, 5.74) is 4.45. The zero-order valence-electron chi connectivity index (χ0n) is 14.2. The monoisotopic (exact) mass is 342 g/mol. The van der Waals surface area contributed by atoms with E-state index in [1.54, 1.807) is 0 Å². The molecule has 1 aliphatic heterocycles. The molecule has 128 valence electrons. The van der Waals surface area contributed by atoms with Crippen LogP contribution in [0.3, 0.4) is 0 Å². The predicted octanol–water partition coefficient (Wildman–Crippen LogP) is 4.67. The number of fused-ring (bicyclic) bond motifs is 2. The van der Waals surface area contributed by atoms with E-state index in [-0.39, 0.29) is 12.7 Å². The predicted molar refractivity (Wildman–Crippen MR) is 101 cm³/mol. The van der Waals surface area contributed by atoms with Gasteiger partial charge in [-0.25, -0.2) is 4.98 Å². The molecular formula is C22H18N2O2. The molecule has 2 heterocycles. The smallest absolute Gasteiger partial charge is 0.231 e. The second-order valence-electron chi connectivity index (χ2n) is 6.48. The second kappa shape index (κ2) is 6.23. The molecule has 1 N–H and O–H groups in total. The van der Waals surface area contributed by atoms with E-state index in [1.165, 1.54) is 11.1 Å². The van der Waals surface area contributed by atoms with E-state index in [0.717, 1.165) is 34.8 Å². The molecule has 0 fully saturated rings. The lowest BCUT2D eigenvalue weighted by Crippen LogP contribution is -2.06. The Bertz CT molecular complexity index is 961. The molecule has 0 atom stereocenters. The summed E-state index contributed by atoms with van der Waals surface area (Å²) in [7, 11) is 0. The minimum Gasteiger partial charge on any atom is -0.454 e. The summed E-state index contributed by atoms with van der Waals surface area (Å²) in [5, 5.41) is 0. The van der Waals surface area contributed by atoms with E-state index < -0.39 is 0 Å². The molecule has 0 radical (unpaired) electrons. The number of hydrogen-bond donors (Lipinski definition) is 1. The van der Waals surface area contributed by atoms with Crippen molar-refractivity contribution in [2.24, 2.45) is 0 Å². The van der Waals surface area contributed by atoms with Crippen molar-refractivity contribution in [2.45, 2.75) is 12.3 Å². The van der Waals surface area contributed by atoms with Crippen LogP contribution >= 0.6 is 0 Å². The van der Waals surface area contributed by atoms with Gasteiger partial charge in [-0.2, -0.15) is 0 Å². The molecule has 5 rings (SSSR count). The maximum absolute atomic E-state index is 5.47. The van der Waals surface area contributed by atoms with Gasteiger partial charge in [0.2, 0.25) is 6.79 Å². The molecule has 4 aromatic rings. The maximum Gasteiger partial charge on any atom is 0.231 e. The average Bonchev–Trinajstić information content (AvgIpc) is 3.30. The number of imidazole rings is 1. The van der Waals surface area contributed by atoms with Crippen molar-refractivity contribution in [2.75, 3.05) is 6.79 Å². The van der Waals surface area contributed by atoms with Crippen molar-refractivity contribution in [3.05, 3.63) is 89.7 Å². The average molecular weight is 342 g/mol. The van der Waals surface area contributed by atoms with Gasteiger partial charge in [0, 0.05) is 24.5 Å². The Kier molecular flexibility index (Phi) is 3.60. The Labute approximate surface area is 151 Å². The molecule has 0 bridgehead atoms. The van der Waals surface area contributed by atoms with Crippen LogP contribution in [0.25, 0.3) is 11.0 Å². The van der Waals surface area contributed by atoms with Crippen molar-refractivity contribution < 1.29 is 9.47 Å². The highest BCUT2D eigenvalue weighted by Crippen LogP contribution is 2.36. The largest absolute Gasteiger partial charge is 0.454 e. The first kappa shape index (κ1) is 15.0. The first-order valence-corrected chi connectivity index (χ1v) is 8.75. The summed E-state index contributed by atoms with van der Waals surface area (Å²) < 4.78 is 10.9. The normalized spacial score (nSPS) is 12.8. The van der Waals surface area contributed by atoms with Gasteiger partial charge in [-0.15, -0.1) is 0 Å². The van der Waals surface area contributed by atoms with Crippen molar-refractivity contribution in [3.8, 4) is 11.5 Å². The molecule has 0 amide bonds. The molecule has 1 aromatic heterocycles. The van der Waals surface area contributed by atoms with E-state index >= 15 is 0 Å². The summed E-state index contributed by atoms with van der Waals surface area (Å²) in [6.45, 7) is 0.277. The Hall–Kier alpha value is -3.27. The van der Waals surface area contributed by atoms with Crippen LogP contribution in [0.15, 0.2) is 72.8 Å². The highest BCUT2D eigenvalue weighted by Gasteiger charge is 2.19. The zero-order valence-corrected chi connectivity index (χ0v) is 14.2. The first-order chi connectivity index (χ1) is 12.9. The number of aromatic amines is 1. The van der Waals surface area contributed by atoms with Crippen molar-refractivity contribution in [3.63, 3.8) is 0 Å². The van der Waals surface area contributed by atoms with Crippen molar-refractivity contribution in [1.29, 1.82) is 0 Å². The molecule has 4 nitrogen and oxygen atoms in total. The first-order valence-electron chi connectivity index (χ1n) is 8.75. The van der Waals surface area contributed by atoms with E-state index in [1.807, 2.05) is 24.3 Å². The highest BCUT2D eigenvalue weighted by molar-refractivity contribution is 5.80. The minimum absolute atomic E-state index is 0.248. The van der Waals surface area contributed by atoms with Gasteiger partial charge in [-0.05, 0) is 11.1 Å². The van der Waals surface area contributed by atoms with Gasteiger partial charge >= 0.3 is 0 Å². The van der Waals surface area contributed by atoms with E-state index in [0.29, 0.717) is 0 Å². The van der Waals surface area contributed by atoms with Gasteiger partial charge in [0.1, 0.15) is 5.82 Å². The van der Waals surface area contributed by atoms with Gasteiger partial charge in [0.15, 0.2) is 11.5 Å². The molecule has 0 saturated heterocycles. The van der Waals surface area contributed by atoms with Crippen LogP contribution in [0.4, 0.5) is 0 Å². The fourth-order valence-electron chi connectivity index (χ4n) is 3.54. The molecule has 0 spiro atoms. The number of hydrogen-bond acceptors (Lipinski definition) is 3. The van der Waals surface area contributed by atoms with E-state index in [9.17, 15) is 0 Å². The fraction of sp³-hybridized carbons (Fsp3) is 0.136. The summed E-state index contributed by atoms with van der Waals surface area (Å²) in [6, 6.07) is 25.1. The zero-order chi connectivity index (χ0) is 17.3. The van der Waals surface area contributed by atoms with E-state index in [4.69, 9.17) is 14.5 Å². The summed E-state index contributed by atoms with van der Waals surface area (Å²) in [6.07, 6.45) is 0.801. The SMILES string of the molecule is c1ccc(C(Cc2nc3cc4c(cc3[nH]2)OCO4)c2ccccc2)cc1. The highest BCUT2D eigenvalue weighted by atomic mass is 16.7. The van der Waals surface area contributed by atoms with Crippen LogP contribution in [0.1, 0.15) is 22.9 Å². The molecule has 26 heavy (non-hydrogen) atoms. The summed E-state index contributed by atoms with van der Waals surface area (Å²) in [4.78, 5) is 8.24. The Balaban J connectivity index is 1.53. The molecule has 4 heteroatoms. The van der Waals surface area contributed by atoms with Gasteiger partial charge in [0.25, 0.3) is 0 Å².